The summed E-state index contributed by atoms with van der Waals surface area (Å²) in [6, 6.07) is 5.82. The van der Waals surface area contributed by atoms with Crippen LogP contribution in [0.4, 0.5) is 0 Å². The summed E-state index contributed by atoms with van der Waals surface area (Å²) in [5.74, 6) is -0.793. The molecular formula is C29H34O8S2. The number of carboxylic acid groups (broad SMARTS) is 2. The molecule has 1 aliphatic heterocycles. The van der Waals surface area contributed by atoms with Gasteiger partial charge in [0.25, 0.3) is 0 Å². The van der Waals surface area contributed by atoms with Crippen molar-refractivity contribution in [3.8, 4) is 5.75 Å². The number of Topliss-reactive ketones (excluding diaryl/α,β-unsaturated/α-hetero) is 2. The number of methoxy groups -OCH3 is 2. The number of allylic oxidation sites excluding steroid dienone is 2. The number of fused-ring (bicyclic) bond motifs is 2. The van der Waals surface area contributed by atoms with Gasteiger partial charge in [0.2, 0.25) is 0 Å². The van der Waals surface area contributed by atoms with E-state index in [1.807, 2.05) is 12.1 Å². The maximum absolute atomic E-state index is 12.6. The van der Waals surface area contributed by atoms with Crippen molar-refractivity contribution in [2.75, 3.05) is 14.2 Å². The van der Waals surface area contributed by atoms with E-state index >= 15 is 0 Å². The van der Waals surface area contributed by atoms with Gasteiger partial charge in [-0.1, -0.05) is 6.08 Å². The average Bonchev–Trinajstić information content (AvgIpc) is 3.53. The Morgan fingerprint density at radius 2 is 1.67 bits per heavy atom. The van der Waals surface area contributed by atoms with E-state index < -0.39 is 11.9 Å². The van der Waals surface area contributed by atoms with Gasteiger partial charge in [0.15, 0.2) is 11.6 Å². The lowest BCUT2D eigenvalue weighted by molar-refractivity contribution is -0.138. The van der Waals surface area contributed by atoms with Crippen LogP contribution in [0.15, 0.2) is 29.2 Å². The average molecular weight is 575 g/mol. The van der Waals surface area contributed by atoms with E-state index in [9.17, 15) is 19.2 Å². The zero-order valence-electron chi connectivity index (χ0n) is 22.1. The summed E-state index contributed by atoms with van der Waals surface area (Å²) in [5.41, 5.74) is 1.06. The van der Waals surface area contributed by atoms with Gasteiger partial charge in [-0.25, -0.2) is 0 Å². The van der Waals surface area contributed by atoms with Gasteiger partial charge < -0.3 is 19.7 Å². The molecule has 0 spiro atoms. The first-order chi connectivity index (χ1) is 18.7. The van der Waals surface area contributed by atoms with Gasteiger partial charge in [0.05, 0.1) is 30.9 Å². The van der Waals surface area contributed by atoms with Gasteiger partial charge in [0, 0.05) is 34.8 Å². The molecule has 0 bridgehead atoms. The van der Waals surface area contributed by atoms with Crippen molar-refractivity contribution in [2.24, 2.45) is 11.8 Å². The number of ketones is 2. The normalized spacial score (nSPS) is 22.4. The third-order valence-corrected chi connectivity index (χ3v) is 10.2. The predicted octanol–water partition coefficient (Wildman–Crippen LogP) is 5.75. The Labute approximate surface area is 235 Å². The smallest absolute Gasteiger partial charge is 0.303 e. The van der Waals surface area contributed by atoms with Crippen LogP contribution in [0, 0.1) is 11.8 Å². The second-order valence-electron chi connectivity index (χ2n) is 10.2. The van der Waals surface area contributed by atoms with E-state index in [0.29, 0.717) is 15.7 Å². The number of carboxylic acids is 2. The standard InChI is InChI=1S/C29H34O8S2/c1-36-19-10-16(20-15-27(39-25(20)14-19)22(31)7-9-29(34)35)4-3-5-17-12-24-18(11-23(17)37-2)13-26(38-24)21(30)6-8-28(32)33/h11-13,15-16,19-20,25H,3-10,14H2,1-2H3,(H,32,33)(H,34,35). The van der Waals surface area contributed by atoms with Crippen LogP contribution in [0.5, 0.6) is 5.75 Å². The van der Waals surface area contributed by atoms with Crippen LogP contribution in [0.25, 0.3) is 10.1 Å². The molecule has 2 N–H and O–H groups in total. The molecule has 1 aliphatic carbocycles. The van der Waals surface area contributed by atoms with E-state index in [-0.39, 0.29) is 54.5 Å². The summed E-state index contributed by atoms with van der Waals surface area (Å²) in [7, 11) is 3.37. The molecule has 1 aromatic carbocycles. The lowest BCUT2D eigenvalue weighted by Gasteiger charge is -2.37. The summed E-state index contributed by atoms with van der Waals surface area (Å²) >= 11 is 2.97. The van der Waals surface area contributed by atoms with E-state index in [4.69, 9.17) is 19.7 Å². The molecule has 1 aromatic heterocycles. The SMILES string of the molecule is COc1cc2cc(C(=O)CCC(=O)O)sc2cc1CCCC1CC(OC)CC2SC(C(=O)CCC(=O)O)=CC12. The molecule has 1 saturated carbocycles. The first-order valence-electron chi connectivity index (χ1n) is 13.2. The van der Waals surface area contributed by atoms with E-state index in [0.717, 1.165) is 53.5 Å². The Morgan fingerprint density at radius 1 is 0.949 bits per heavy atom. The predicted molar refractivity (Wildman–Crippen MR) is 151 cm³/mol. The Hall–Kier alpha value is -2.69. The van der Waals surface area contributed by atoms with E-state index in [1.54, 1.807) is 26.0 Å². The summed E-state index contributed by atoms with van der Waals surface area (Å²) in [6.45, 7) is 0. The minimum absolute atomic E-state index is 0.0161. The van der Waals surface area contributed by atoms with Crippen LogP contribution in [0.2, 0.25) is 0 Å². The molecule has 39 heavy (non-hydrogen) atoms. The highest BCUT2D eigenvalue weighted by Gasteiger charge is 2.42. The van der Waals surface area contributed by atoms with Crippen LogP contribution >= 0.6 is 23.1 Å². The van der Waals surface area contributed by atoms with Crippen LogP contribution in [-0.2, 0) is 25.5 Å². The number of aliphatic carboxylic acids is 2. The molecular weight excluding hydrogens is 540 g/mol. The quantitative estimate of drug-likeness (QED) is 0.271. The van der Waals surface area contributed by atoms with Crippen molar-refractivity contribution in [1.29, 1.82) is 0 Å². The lowest BCUT2D eigenvalue weighted by atomic mass is 9.74. The maximum atomic E-state index is 12.6. The molecule has 0 radical (unpaired) electrons. The molecule has 0 saturated heterocycles. The Morgan fingerprint density at radius 3 is 2.33 bits per heavy atom. The first-order valence-corrected chi connectivity index (χ1v) is 14.9. The summed E-state index contributed by atoms with van der Waals surface area (Å²) in [4.78, 5) is 48.0. The zero-order valence-corrected chi connectivity index (χ0v) is 23.8. The van der Waals surface area contributed by atoms with Crippen molar-refractivity contribution in [2.45, 2.75) is 69.1 Å². The number of aryl methyl sites for hydroxylation is 1. The molecule has 4 atom stereocenters. The minimum atomic E-state index is -0.984. The molecule has 1 fully saturated rings. The minimum Gasteiger partial charge on any atom is -0.496 e. The number of carbonyl (C=O) groups excluding carboxylic acids is 2. The molecule has 2 heterocycles. The highest BCUT2D eigenvalue weighted by molar-refractivity contribution is 8.04. The summed E-state index contributed by atoms with van der Waals surface area (Å²) < 4.78 is 12.4. The lowest BCUT2D eigenvalue weighted by Crippen LogP contribution is -2.35. The van der Waals surface area contributed by atoms with Gasteiger partial charge in [0.1, 0.15) is 5.75 Å². The van der Waals surface area contributed by atoms with Crippen molar-refractivity contribution in [3.05, 3.63) is 39.6 Å². The molecule has 4 unspecified atom stereocenters. The number of ether oxygens (including phenoxy) is 2. The fourth-order valence-electron chi connectivity index (χ4n) is 5.59. The topological polar surface area (TPSA) is 127 Å². The molecule has 210 valence electrons. The van der Waals surface area contributed by atoms with Gasteiger partial charge in [-0.05, 0) is 73.1 Å². The number of benzene rings is 1. The number of thiophene rings is 1. The van der Waals surface area contributed by atoms with Crippen LogP contribution in [0.3, 0.4) is 0 Å². The third kappa shape index (κ3) is 7.29. The Bertz CT molecular complexity index is 1280. The second-order valence-corrected chi connectivity index (χ2v) is 12.6. The fourth-order valence-corrected chi connectivity index (χ4v) is 8.23. The number of hydrogen-bond acceptors (Lipinski definition) is 8. The van der Waals surface area contributed by atoms with Crippen LogP contribution in [-0.4, -0.2) is 59.3 Å². The number of thioether (sulfide) groups is 1. The van der Waals surface area contributed by atoms with Crippen LogP contribution < -0.4 is 4.74 Å². The first kappa shape index (κ1) is 29.3. The van der Waals surface area contributed by atoms with Crippen molar-refractivity contribution in [3.63, 3.8) is 0 Å². The van der Waals surface area contributed by atoms with Gasteiger partial charge >= 0.3 is 11.9 Å². The Balaban J connectivity index is 1.43. The summed E-state index contributed by atoms with van der Waals surface area (Å²) in [6.07, 6.45) is 6.39. The largest absolute Gasteiger partial charge is 0.496 e. The van der Waals surface area contributed by atoms with Crippen molar-refractivity contribution >= 4 is 56.7 Å². The summed E-state index contributed by atoms with van der Waals surface area (Å²) in [5, 5.41) is 19.0. The van der Waals surface area contributed by atoms with Crippen molar-refractivity contribution in [1.82, 2.24) is 0 Å². The maximum Gasteiger partial charge on any atom is 0.303 e. The van der Waals surface area contributed by atoms with Crippen molar-refractivity contribution < 1.29 is 38.9 Å². The second kappa shape index (κ2) is 13.1. The van der Waals surface area contributed by atoms with Crippen LogP contribution in [0.1, 0.15) is 66.6 Å². The van der Waals surface area contributed by atoms with E-state index in [1.165, 1.54) is 11.3 Å². The monoisotopic (exact) mass is 574 g/mol. The fraction of sp³-hybridized carbons (Fsp3) is 0.517. The zero-order chi connectivity index (χ0) is 28.1. The number of carbonyl (C=O) groups is 4. The molecule has 4 rings (SSSR count). The molecule has 8 nitrogen and oxygen atoms in total. The van der Waals surface area contributed by atoms with Gasteiger partial charge in [-0.3, -0.25) is 19.2 Å². The number of hydrogen-bond donors (Lipinski definition) is 2. The molecule has 0 amide bonds. The van der Waals surface area contributed by atoms with E-state index in [2.05, 4.69) is 12.1 Å². The highest BCUT2D eigenvalue weighted by Crippen LogP contribution is 2.49. The molecule has 10 heteroatoms. The Kier molecular flexibility index (Phi) is 9.85. The molecule has 2 aromatic rings. The van der Waals surface area contributed by atoms with Gasteiger partial charge in [-0.2, -0.15) is 0 Å². The third-order valence-electron chi connectivity index (χ3n) is 7.61. The highest BCUT2D eigenvalue weighted by atomic mass is 32.2. The van der Waals surface area contributed by atoms with Gasteiger partial charge in [-0.15, -0.1) is 23.1 Å². The number of rotatable bonds is 14. The molecule has 2 aliphatic rings.